The highest BCUT2D eigenvalue weighted by Gasteiger charge is 2.56. The molecule has 3 saturated carbocycles. The molecule has 0 nitrogen and oxygen atoms in total. The molecule has 0 radical (unpaired) electrons. The van der Waals surface area contributed by atoms with Crippen LogP contribution in [0.4, 0.5) is 4.39 Å². The molecule has 2 bridgehead atoms. The number of rotatable bonds is 2. The van der Waals surface area contributed by atoms with Crippen LogP contribution in [0.2, 0.25) is 0 Å². The van der Waals surface area contributed by atoms with Crippen molar-refractivity contribution in [3.05, 3.63) is 0 Å². The maximum absolute atomic E-state index is 13.4. The molecule has 0 saturated heterocycles. The molecule has 3 aliphatic rings. The van der Waals surface area contributed by atoms with Crippen molar-refractivity contribution in [3.8, 4) is 0 Å². The summed E-state index contributed by atoms with van der Waals surface area (Å²) in [6, 6.07) is 0. The lowest BCUT2D eigenvalue weighted by Gasteiger charge is -2.30. The molecule has 0 aromatic rings. The monoisotopic (exact) mass is 156 g/mol. The number of hydrogen-bond donors (Lipinski definition) is 0. The van der Waals surface area contributed by atoms with Crippen molar-refractivity contribution in [1.29, 1.82) is 0 Å². The lowest BCUT2D eigenvalue weighted by atomic mass is 9.79. The quantitative estimate of drug-likeness (QED) is 0.576. The molecule has 11 heavy (non-hydrogen) atoms. The molecule has 1 atom stereocenters. The Morgan fingerprint density at radius 1 is 1.36 bits per heavy atom. The summed E-state index contributed by atoms with van der Waals surface area (Å²) in [5.41, 5.74) is -0.704. The summed E-state index contributed by atoms with van der Waals surface area (Å²) in [5, 5.41) is 0. The van der Waals surface area contributed by atoms with E-state index in [0.717, 1.165) is 37.0 Å². The predicted octanol–water partition coefficient (Wildman–Crippen LogP) is 3.17. The van der Waals surface area contributed by atoms with Gasteiger partial charge >= 0.3 is 0 Å². The van der Waals surface area contributed by atoms with E-state index in [9.17, 15) is 4.39 Å². The zero-order chi connectivity index (χ0) is 8.06. The van der Waals surface area contributed by atoms with Crippen molar-refractivity contribution in [3.63, 3.8) is 0 Å². The summed E-state index contributed by atoms with van der Waals surface area (Å²) in [4.78, 5) is 0. The van der Waals surface area contributed by atoms with Crippen molar-refractivity contribution < 1.29 is 4.39 Å². The Kier molecular flexibility index (Phi) is 1.52. The molecule has 64 valence electrons. The molecule has 0 N–H and O–H groups in total. The van der Waals surface area contributed by atoms with Crippen molar-refractivity contribution >= 4 is 0 Å². The smallest absolute Gasteiger partial charge is 0.111 e. The van der Waals surface area contributed by atoms with E-state index in [1.54, 1.807) is 0 Å². The SMILES string of the molecule is CC(C)CC1C[C@]2(F)C[C@@H]1C2. The van der Waals surface area contributed by atoms with Crippen molar-refractivity contribution in [1.82, 2.24) is 0 Å². The standard InChI is InChI=1S/C10H17F/c1-7(2)3-8-4-10(11)5-9(8)6-10/h7-9H,3-6H2,1-2H3/t8?,9-,10+. The maximum Gasteiger partial charge on any atom is 0.111 e. The summed E-state index contributed by atoms with van der Waals surface area (Å²) in [6.07, 6.45) is 3.88. The first-order valence-electron chi connectivity index (χ1n) is 4.78. The lowest BCUT2D eigenvalue weighted by molar-refractivity contribution is 0.0732. The third kappa shape index (κ3) is 1.19. The molecule has 1 unspecified atom stereocenters. The van der Waals surface area contributed by atoms with E-state index in [2.05, 4.69) is 13.8 Å². The van der Waals surface area contributed by atoms with Crippen LogP contribution in [0.5, 0.6) is 0 Å². The molecule has 0 aliphatic heterocycles. The maximum atomic E-state index is 13.4. The Balaban J connectivity index is 1.90. The van der Waals surface area contributed by atoms with E-state index in [1.807, 2.05) is 0 Å². The van der Waals surface area contributed by atoms with Crippen molar-refractivity contribution in [2.45, 2.75) is 45.2 Å². The minimum atomic E-state index is -0.704. The summed E-state index contributed by atoms with van der Waals surface area (Å²) < 4.78 is 13.4. The van der Waals surface area contributed by atoms with E-state index < -0.39 is 5.67 Å². The van der Waals surface area contributed by atoms with Crippen LogP contribution in [0, 0.1) is 17.8 Å². The van der Waals surface area contributed by atoms with Crippen LogP contribution >= 0.6 is 0 Å². The molecule has 3 aliphatic carbocycles. The molecule has 0 heterocycles. The van der Waals surface area contributed by atoms with Gasteiger partial charge in [-0.2, -0.15) is 0 Å². The highest BCUT2D eigenvalue weighted by atomic mass is 19.1. The van der Waals surface area contributed by atoms with Gasteiger partial charge in [-0.05, 0) is 43.4 Å². The van der Waals surface area contributed by atoms with Gasteiger partial charge in [0, 0.05) is 0 Å². The first-order chi connectivity index (χ1) is 5.09. The van der Waals surface area contributed by atoms with Gasteiger partial charge < -0.3 is 0 Å². The highest BCUT2D eigenvalue weighted by Crippen LogP contribution is 2.59. The van der Waals surface area contributed by atoms with E-state index in [0.29, 0.717) is 0 Å². The second-order valence-electron chi connectivity index (χ2n) is 4.91. The molecule has 3 rings (SSSR count). The van der Waals surface area contributed by atoms with Crippen LogP contribution in [-0.4, -0.2) is 5.67 Å². The topological polar surface area (TPSA) is 0 Å². The molecule has 0 spiro atoms. The van der Waals surface area contributed by atoms with Crippen molar-refractivity contribution in [2.75, 3.05) is 0 Å². The molecular formula is C10H17F. The van der Waals surface area contributed by atoms with Gasteiger partial charge in [0.05, 0.1) is 0 Å². The second-order valence-corrected chi connectivity index (χ2v) is 4.91. The Morgan fingerprint density at radius 3 is 2.36 bits per heavy atom. The van der Waals surface area contributed by atoms with Crippen LogP contribution in [0.1, 0.15) is 39.5 Å². The first kappa shape index (κ1) is 7.57. The average molecular weight is 156 g/mol. The van der Waals surface area contributed by atoms with Crippen LogP contribution in [0.15, 0.2) is 0 Å². The zero-order valence-corrected chi connectivity index (χ0v) is 7.44. The number of halogens is 1. The summed E-state index contributed by atoms with van der Waals surface area (Å²) >= 11 is 0. The number of alkyl halides is 1. The molecule has 1 heteroatoms. The molecule has 0 amide bonds. The van der Waals surface area contributed by atoms with Crippen LogP contribution < -0.4 is 0 Å². The Bertz CT molecular complexity index is 156. The fraction of sp³-hybridized carbons (Fsp3) is 1.00. The van der Waals surface area contributed by atoms with Gasteiger partial charge in [-0.15, -0.1) is 0 Å². The van der Waals surface area contributed by atoms with Gasteiger partial charge in [0.1, 0.15) is 5.67 Å². The first-order valence-corrected chi connectivity index (χ1v) is 4.78. The number of hydrogen-bond acceptors (Lipinski definition) is 0. The second kappa shape index (κ2) is 2.21. The Morgan fingerprint density at radius 2 is 2.00 bits per heavy atom. The summed E-state index contributed by atoms with van der Waals surface area (Å²) in [5.74, 6) is 2.23. The molecule has 0 aromatic heterocycles. The van der Waals surface area contributed by atoms with Gasteiger partial charge in [0.2, 0.25) is 0 Å². The Hall–Kier alpha value is -0.0700. The molecule has 3 fully saturated rings. The van der Waals surface area contributed by atoms with Crippen LogP contribution in [0.3, 0.4) is 0 Å². The molecular weight excluding hydrogens is 139 g/mol. The lowest BCUT2D eigenvalue weighted by Crippen LogP contribution is -2.29. The fourth-order valence-corrected chi connectivity index (χ4v) is 2.90. The van der Waals surface area contributed by atoms with Gasteiger partial charge in [-0.1, -0.05) is 13.8 Å². The number of fused-ring (bicyclic) bond motifs is 1. The van der Waals surface area contributed by atoms with Gasteiger partial charge in [-0.25, -0.2) is 4.39 Å². The van der Waals surface area contributed by atoms with Crippen LogP contribution in [-0.2, 0) is 0 Å². The normalized spacial score (nSPS) is 48.0. The van der Waals surface area contributed by atoms with E-state index in [1.165, 1.54) is 6.42 Å². The van der Waals surface area contributed by atoms with Crippen LogP contribution in [0.25, 0.3) is 0 Å². The van der Waals surface area contributed by atoms with Gasteiger partial charge in [0.25, 0.3) is 0 Å². The van der Waals surface area contributed by atoms with E-state index in [-0.39, 0.29) is 0 Å². The van der Waals surface area contributed by atoms with E-state index >= 15 is 0 Å². The summed E-state index contributed by atoms with van der Waals surface area (Å²) in [7, 11) is 0. The minimum absolute atomic E-state index is 0.704. The van der Waals surface area contributed by atoms with E-state index in [4.69, 9.17) is 0 Å². The van der Waals surface area contributed by atoms with Gasteiger partial charge in [0.15, 0.2) is 0 Å². The average Bonchev–Trinajstić information content (AvgIpc) is 2.17. The summed E-state index contributed by atoms with van der Waals surface area (Å²) in [6.45, 7) is 4.47. The van der Waals surface area contributed by atoms with Crippen molar-refractivity contribution in [2.24, 2.45) is 17.8 Å². The predicted molar refractivity (Wildman–Crippen MR) is 44.1 cm³/mol. The third-order valence-corrected chi connectivity index (χ3v) is 3.32. The minimum Gasteiger partial charge on any atom is -0.244 e. The fourth-order valence-electron chi connectivity index (χ4n) is 2.90. The van der Waals surface area contributed by atoms with Gasteiger partial charge in [-0.3, -0.25) is 0 Å². The Labute approximate surface area is 68.2 Å². The molecule has 0 aromatic carbocycles. The highest BCUT2D eigenvalue weighted by molar-refractivity contribution is 5.06. The third-order valence-electron chi connectivity index (χ3n) is 3.32. The zero-order valence-electron chi connectivity index (χ0n) is 7.44. The largest absolute Gasteiger partial charge is 0.244 e.